The average Bonchev–Trinajstić information content (AvgIpc) is 3.38. The summed E-state index contributed by atoms with van der Waals surface area (Å²) in [7, 11) is 0. The lowest BCUT2D eigenvalue weighted by Gasteiger charge is -2.06. The summed E-state index contributed by atoms with van der Waals surface area (Å²) in [6, 6.07) is 11.1. The Kier molecular flexibility index (Phi) is 4.37. The van der Waals surface area contributed by atoms with E-state index >= 15 is 0 Å². The number of rotatable bonds is 5. The molecule has 1 N–H and O–H groups in total. The number of thiazole rings is 1. The van der Waals surface area contributed by atoms with Crippen molar-refractivity contribution in [2.45, 2.75) is 13.8 Å². The molecular weight excluding hydrogens is 362 g/mol. The number of aryl methyl sites for hydroxylation is 1. The average molecular weight is 379 g/mol. The molecule has 0 atom stereocenters. The third-order valence-electron chi connectivity index (χ3n) is 4.43. The van der Waals surface area contributed by atoms with E-state index in [-0.39, 0.29) is 12.4 Å². The Balaban J connectivity index is 1.49. The lowest BCUT2D eigenvalue weighted by Crippen LogP contribution is -2.15. The van der Waals surface area contributed by atoms with Gasteiger partial charge < -0.3 is 9.72 Å². The Hall–Kier alpha value is -3.19. The maximum atomic E-state index is 12.6. The van der Waals surface area contributed by atoms with Crippen LogP contribution in [0.3, 0.4) is 0 Å². The van der Waals surface area contributed by atoms with Gasteiger partial charge in [-0.15, -0.1) is 11.3 Å². The molecule has 4 aromatic rings. The number of ketones is 1. The lowest BCUT2D eigenvalue weighted by atomic mass is 10.1. The van der Waals surface area contributed by atoms with Crippen molar-refractivity contribution in [2.75, 3.05) is 6.61 Å². The summed E-state index contributed by atoms with van der Waals surface area (Å²) in [6.07, 6.45) is 1.72. The topological polar surface area (TPSA) is 77.0 Å². The van der Waals surface area contributed by atoms with Crippen LogP contribution in [-0.4, -0.2) is 32.9 Å². The Morgan fingerprint density at radius 3 is 2.78 bits per heavy atom. The summed E-state index contributed by atoms with van der Waals surface area (Å²) in [5.74, 6) is -0.788. The number of nitrogens with one attached hydrogen (secondary N) is 1. The minimum atomic E-state index is -0.548. The van der Waals surface area contributed by atoms with Crippen LogP contribution in [0.5, 0.6) is 0 Å². The zero-order valence-corrected chi connectivity index (χ0v) is 15.7. The smallest absolute Gasteiger partial charge is 0.355 e. The highest BCUT2D eigenvalue weighted by atomic mass is 32.1. The molecule has 0 radical (unpaired) electrons. The molecule has 0 bridgehead atoms. The molecule has 1 aromatic carbocycles. The van der Waals surface area contributed by atoms with Gasteiger partial charge in [0.15, 0.2) is 11.7 Å². The summed E-state index contributed by atoms with van der Waals surface area (Å²) in [5.41, 5.74) is 3.41. The number of hydrogen-bond donors (Lipinski definition) is 1. The van der Waals surface area contributed by atoms with Crippen LogP contribution in [-0.2, 0) is 4.74 Å². The minimum Gasteiger partial charge on any atom is -0.453 e. The molecule has 0 amide bonds. The first-order chi connectivity index (χ1) is 13.0. The van der Waals surface area contributed by atoms with Gasteiger partial charge in [-0.05, 0) is 32.0 Å². The summed E-state index contributed by atoms with van der Waals surface area (Å²) in [6.45, 7) is 3.47. The number of aromatic amines is 1. The fraction of sp³-hybridized carbons (Fsp3) is 0.150. The van der Waals surface area contributed by atoms with E-state index in [1.807, 2.05) is 48.1 Å². The number of H-pyrrole nitrogens is 1. The van der Waals surface area contributed by atoms with E-state index in [4.69, 9.17) is 4.74 Å². The molecular formula is C20H17N3O3S. The predicted molar refractivity (Wildman–Crippen MR) is 104 cm³/mol. The fourth-order valence-corrected chi connectivity index (χ4v) is 3.89. The molecule has 7 heteroatoms. The fourth-order valence-electron chi connectivity index (χ4n) is 3.14. The van der Waals surface area contributed by atoms with Crippen molar-refractivity contribution in [1.29, 1.82) is 0 Å². The van der Waals surface area contributed by atoms with Crippen LogP contribution < -0.4 is 0 Å². The number of hydrogen-bond acceptors (Lipinski definition) is 5. The van der Waals surface area contributed by atoms with Gasteiger partial charge in [0, 0.05) is 39.4 Å². The highest BCUT2D eigenvalue weighted by Gasteiger charge is 2.20. The monoisotopic (exact) mass is 379 g/mol. The predicted octanol–water partition coefficient (Wildman–Crippen LogP) is 4.07. The first-order valence-corrected chi connectivity index (χ1v) is 9.29. The molecule has 0 saturated heterocycles. The Morgan fingerprint density at radius 2 is 2.04 bits per heavy atom. The van der Waals surface area contributed by atoms with Gasteiger partial charge >= 0.3 is 5.97 Å². The number of fused-ring (bicyclic) bond motifs is 1. The molecule has 3 aromatic heterocycles. The van der Waals surface area contributed by atoms with Crippen LogP contribution >= 0.6 is 11.3 Å². The first kappa shape index (κ1) is 17.2. The first-order valence-electron chi connectivity index (χ1n) is 8.41. The van der Waals surface area contributed by atoms with Gasteiger partial charge in [-0.2, -0.15) is 0 Å². The third kappa shape index (κ3) is 3.17. The van der Waals surface area contributed by atoms with Crippen LogP contribution in [0.1, 0.15) is 32.2 Å². The molecule has 0 spiro atoms. The molecule has 0 saturated carbocycles. The van der Waals surface area contributed by atoms with E-state index in [2.05, 4.69) is 9.97 Å². The van der Waals surface area contributed by atoms with Gasteiger partial charge in [0.25, 0.3) is 0 Å². The van der Waals surface area contributed by atoms with Gasteiger partial charge in [-0.3, -0.25) is 9.36 Å². The van der Waals surface area contributed by atoms with E-state index in [0.29, 0.717) is 11.3 Å². The quantitative estimate of drug-likeness (QED) is 0.419. The molecule has 0 aliphatic carbocycles. The van der Waals surface area contributed by atoms with Crippen LogP contribution in [0.25, 0.3) is 16.0 Å². The van der Waals surface area contributed by atoms with Crippen molar-refractivity contribution in [3.63, 3.8) is 0 Å². The number of esters is 1. The number of nitrogens with zero attached hydrogens (tertiary/aromatic N) is 2. The second-order valence-corrected chi connectivity index (χ2v) is 7.08. The molecule has 6 nitrogen and oxygen atoms in total. The van der Waals surface area contributed by atoms with Crippen molar-refractivity contribution in [2.24, 2.45) is 0 Å². The van der Waals surface area contributed by atoms with Crippen molar-refractivity contribution in [1.82, 2.24) is 14.5 Å². The SMILES string of the molecule is Cc1cc(C(=O)COC(=O)c2cc3ccccc3[nH]2)c(C)n1-c1nccs1. The molecule has 0 unspecified atom stereocenters. The third-order valence-corrected chi connectivity index (χ3v) is 5.18. The van der Waals surface area contributed by atoms with Gasteiger partial charge in [0.05, 0.1) is 0 Å². The molecule has 136 valence electrons. The lowest BCUT2D eigenvalue weighted by molar-refractivity contribution is 0.0469. The maximum Gasteiger partial charge on any atom is 0.355 e. The van der Waals surface area contributed by atoms with Gasteiger partial charge in [0.1, 0.15) is 5.69 Å². The van der Waals surface area contributed by atoms with Crippen molar-refractivity contribution in [3.05, 3.63) is 70.6 Å². The molecule has 27 heavy (non-hydrogen) atoms. The van der Waals surface area contributed by atoms with E-state index in [0.717, 1.165) is 27.4 Å². The van der Waals surface area contributed by atoms with Crippen molar-refractivity contribution in [3.8, 4) is 5.13 Å². The number of carbonyl (C=O) groups is 2. The minimum absolute atomic E-state index is 0.240. The molecule has 4 rings (SSSR count). The number of Topliss-reactive ketones (excluding diaryl/α,β-unsaturated/α-hetero) is 1. The van der Waals surface area contributed by atoms with E-state index < -0.39 is 5.97 Å². The number of aromatic nitrogens is 3. The molecule has 3 heterocycles. The Bertz CT molecular complexity index is 1110. The number of benzene rings is 1. The summed E-state index contributed by atoms with van der Waals surface area (Å²) < 4.78 is 7.15. The number of ether oxygens (including phenoxy) is 1. The van der Waals surface area contributed by atoms with Crippen molar-refractivity contribution >= 4 is 34.0 Å². The normalized spacial score (nSPS) is 11.0. The number of para-hydroxylation sites is 1. The summed E-state index contributed by atoms with van der Waals surface area (Å²) >= 11 is 1.50. The molecule has 0 aliphatic rings. The van der Waals surface area contributed by atoms with E-state index in [1.54, 1.807) is 18.3 Å². The van der Waals surface area contributed by atoms with Gasteiger partial charge in [-0.25, -0.2) is 9.78 Å². The van der Waals surface area contributed by atoms with Crippen LogP contribution in [0, 0.1) is 13.8 Å². The standard InChI is InChI=1S/C20H17N3O3S/c1-12-9-15(13(2)23(12)20-21-7-8-27-20)18(24)11-26-19(25)17-10-14-5-3-4-6-16(14)22-17/h3-10,22H,11H2,1-2H3. The highest BCUT2D eigenvalue weighted by molar-refractivity contribution is 7.12. The number of carbonyl (C=O) groups excluding carboxylic acids is 2. The van der Waals surface area contributed by atoms with Gasteiger partial charge in [0.2, 0.25) is 5.78 Å². The van der Waals surface area contributed by atoms with E-state index in [9.17, 15) is 9.59 Å². The second kappa shape index (κ2) is 6.85. The molecule has 0 fully saturated rings. The second-order valence-electron chi connectivity index (χ2n) is 6.20. The van der Waals surface area contributed by atoms with E-state index in [1.165, 1.54) is 11.3 Å². The van der Waals surface area contributed by atoms with Crippen molar-refractivity contribution < 1.29 is 14.3 Å². The summed E-state index contributed by atoms with van der Waals surface area (Å²) in [4.78, 5) is 32.2. The van der Waals surface area contributed by atoms with Crippen LogP contribution in [0.15, 0.2) is 48.0 Å². The van der Waals surface area contributed by atoms with Gasteiger partial charge in [-0.1, -0.05) is 18.2 Å². The zero-order chi connectivity index (χ0) is 19.0. The zero-order valence-electron chi connectivity index (χ0n) is 14.9. The van der Waals surface area contributed by atoms with Crippen LogP contribution in [0.4, 0.5) is 0 Å². The maximum absolute atomic E-state index is 12.6. The molecule has 0 aliphatic heterocycles. The summed E-state index contributed by atoms with van der Waals surface area (Å²) in [5, 5.41) is 3.61. The largest absolute Gasteiger partial charge is 0.453 e. The Labute approximate surface area is 159 Å². The van der Waals surface area contributed by atoms with Crippen LogP contribution in [0.2, 0.25) is 0 Å². The highest BCUT2D eigenvalue weighted by Crippen LogP contribution is 2.23. The Morgan fingerprint density at radius 1 is 1.22 bits per heavy atom.